The van der Waals surface area contributed by atoms with E-state index >= 15 is 0 Å². The Labute approximate surface area is 152 Å². The Morgan fingerprint density at radius 1 is 1.12 bits per heavy atom. The van der Waals surface area contributed by atoms with Gasteiger partial charge in [-0.15, -0.1) is 0 Å². The van der Waals surface area contributed by atoms with Crippen LogP contribution < -0.4 is 10.6 Å². The average molecular weight is 400 g/mol. The predicted molar refractivity (Wildman–Crippen MR) is 96.7 cm³/mol. The summed E-state index contributed by atoms with van der Waals surface area (Å²) in [7, 11) is 0. The van der Waals surface area contributed by atoms with Gasteiger partial charge in [-0.3, -0.25) is 4.79 Å². The van der Waals surface area contributed by atoms with E-state index in [2.05, 4.69) is 26.6 Å². The molecule has 2 aromatic carbocycles. The largest absolute Gasteiger partial charge is 0.478 e. The molecule has 3 N–H and O–H groups in total. The van der Waals surface area contributed by atoms with Crippen molar-refractivity contribution in [3.05, 3.63) is 75.9 Å². The highest BCUT2D eigenvalue weighted by atomic mass is 79.9. The summed E-state index contributed by atoms with van der Waals surface area (Å²) >= 11 is 3.30. The van der Waals surface area contributed by atoms with Crippen LogP contribution in [-0.4, -0.2) is 17.0 Å². The fraction of sp³-hybridized carbons (Fsp3) is 0.0556. The van der Waals surface area contributed by atoms with Crippen molar-refractivity contribution in [2.24, 2.45) is 0 Å². The molecule has 2 rings (SSSR count). The van der Waals surface area contributed by atoms with Gasteiger partial charge >= 0.3 is 5.97 Å². The van der Waals surface area contributed by atoms with Crippen LogP contribution in [0.3, 0.4) is 0 Å². The molecule has 2 aromatic rings. The van der Waals surface area contributed by atoms with Crippen molar-refractivity contribution in [3.63, 3.8) is 0 Å². The minimum atomic E-state index is -0.990. The number of nitrogens with one attached hydrogen (secondary N) is 2. The number of nitrogens with zero attached hydrogens (tertiary/aromatic N) is 1. The number of carboxylic acids is 1. The third-order valence-corrected chi connectivity index (χ3v) is 3.75. The maximum Gasteiger partial charge on any atom is 0.335 e. The molecule has 0 aromatic heterocycles. The number of rotatable bonds is 6. The van der Waals surface area contributed by atoms with Gasteiger partial charge in [0.1, 0.15) is 11.6 Å². The van der Waals surface area contributed by atoms with Crippen LogP contribution in [0.15, 0.2) is 64.8 Å². The predicted octanol–water partition coefficient (Wildman–Crippen LogP) is 3.28. The summed E-state index contributed by atoms with van der Waals surface area (Å²) in [6.07, 6.45) is 1.33. The summed E-state index contributed by atoms with van der Waals surface area (Å²) in [6, 6.07) is 15.2. The zero-order valence-corrected chi connectivity index (χ0v) is 14.6. The number of halogens is 1. The fourth-order valence-electron chi connectivity index (χ4n) is 1.92. The molecular formula is C18H14BrN3O3. The summed E-state index contributed by atoms with van der Waals surface area (Å²) in [4.78, 5) is 22.9. The van der Waals surface area contributed by atoms with E-state index in [0.717, 1.165) is 10.0 Å². The van der Waals surface area contributed by atoms with E-state index < -0.39 is 11.9 Å². The molecule has 0 radical (unpaired) electrons. The van der Waals surface area contributed by atoms with Gasteiger partial charge < -0.3 is 15.7 Å². The molecular weight excluding hydrogens is 386 g/mol. The highest BCUT2D eigenvalue weighted by molar-refractivity contribution is 9.10. The number of amides is 1. The summed E-state index contributed by atoms with van der Waals surface area (Å²) in [5.74, 6) is -1.51. The summed E-state index contributed by atoms with van der Waals surface area (Å²) in [5.41, 5.74) is 1.54. The number of carbonyl (C=O) groups excluding carboxylic acids is 1. The van der Waals surface area contributed by atoms with Crippen LogP contribution >= 0.6 is 15.9 Å². The van der Waals surface area contributed by atoms with E-state index in [4.69, 9.17) is 10.4 Å². The van der Waals surface area contributed by atoms with Crippen molar-refractivity contribution in [1.82, 2.24) is 5.32 Å². The second kappa shape index (κ2) is 8.66. The first-order valence-corrected chi connectivity index (χ1v) is 8.01. The Morgan fingerprint density at radius 2 is 1.76 bits per heavy atom. The fourth-order valence-corrected chi connectivity index (χ4v) is 2.18. The molecule has 0 heterocycles. The molecule has 0 aliphatic heterocycles. The number of hydrogen-bond acceptors (Lipinski definition) is 4. The van der Waals surface area contributed by atoms with Crippen LogP contribution in [0.2, 0.25) is 0 Å². The Kier molecular flexibility index (Phi) is 6.32. The highest BCUT2D eigenvalue weighted by Crippen LogP contribution is 2.14. The molecule has 0 spiro atoms. The van der Waals surface area contributed by atoms with Gasteiger partial charge in [-0.2, -0.15) is 5.26 Å². The van der Waals surface area contributed by atoms with Crippen LogP contribution in [0.4, 0.5) is 5.69 Å². The molecule has 25 heavy (non-hydrogen) atoms. The van der Waals surface area contributed by atoms with Crippen LogP contribution in [0.25, 0.3) is 0 Å². The van der Waals surface area contributed by atoms with Gasteiger partial charge in [0.15, 0.2) is 0 Å². The Hall–Kier alpha value is -3.11. The van der Waals surface area contributed by atoms with E-state index in [1.54, 1.807) is 36.4 Å². The van der Waals surface area contributed by atoms with E-state index in [-0.39, 0.29) is 11.1 Å². The topological polar surface area (TPSA) is 102 Å². The third kappa shape index (κ3) is 5.48. The monoisotopic (exact) mass is 399 g/mol. The maximum atomic E-state index is 12.1. The van der Waals surface area contributed by atoms with E-state index in [1.165, 1.54) is 18.3 Å². The van der Waals surface area contributed by atoms with E-state index in [9.17, 15) is 9.59 Å². The van der Waals surface area contributed by atoms with Gasteiger partial charge in [-0.05, 0) is 42.0 Å². The standard InChI is InChI=1S/C18H14BrN3O3/c19-15-5-7-16(8-6-15)22-17(23)14(9-20)11-21-10-12-1-3-13(4-2-12)18(24)25/h1-8,11,21H,10H2,(H,22,23)(H,24,25)/b14-11-. The van der Waals surface area contributed by atoms with Crippen molar-refractivity contribution in [3.8, 4) is 6.07 Å². The lowest BCUT2D eigenvalue weighted by Gasteiger charge is -2.06. The molecule has 0 aliphatic rings. The lowest BCUT2D eigenvalue weighted by Crippen LogP contribution is -2.16. The SMILES string of the molecule is N#C/C(=C/NCc1ccc(C(=O)O)cc1)C(=O)Nc1ccc(Br)cc1. The second-order valence-corrected chi connectivity index (χ2v) is 5.93. The summed E-state index contributed by atoms with van der Waals surface area (Å²) in [6.45, 7) is 0.358. The number of aromatic carboxylic acids is 1. The lowest BCUT2D eigenvalue weighted by atomic mass is 10.1. The van der Waals surface area contributed by atoms with Gasteiger partial charge in [0.2, 0.25) is 0 Å². The van der Waals surface area contributed by atoms with Crippen LogP contribution in [0.1, 0.15) is 15.9 Å². The van der Waals surface area contributed by atoms with Gasteiger partial charge in [-0.1, -0.05) is 28.1 Å². The van der Waals surface area contributed by atoms with Crippen molar-refractivity contribution < 1.29 is 14.7 Å². The van der Waals surface area contributed by atoms with Crippen molar-refractivity contribution >= 4 is 33.5 Å². The summed E-state index contributed by atoms with van der Waals surface area (Å²) < 4.78 is 0.886. The van der Waals surface area contributed by atoms with Gasteiger partial charge in [0, 0.05) is 22.9 Å². The molecule has 7 heteroatoms. The molecule has 0 aliphatic carbocycles. The van der Waals surface area contributed by atoms with Gasteiger partial charge in [0.25, 0.3) is 5.91 Å². The first-order valence-electron chi connectivity index (χ1n) is 7.22. The molecule has 0 unspecified atom stereocenters. The van der Waals surface area contributed by atoms with Gasteiger partial charge in [-0.25, -0.2) is 4.79 Å². The average Bonchev–Trinajstić information content (AvgIpc) is 2.61. The molecule has 126 valence electrons. The first kappa shape index (κ1) is 18.2. The Morgan fingerprint density at radius 3 is 2.32 bits per heavy atom. The minimum Gasteiger partial charge on any atom is -0.478 e. The van der Waals surface area contributed by atoms with E-state index in [0.29, 0.717) is 12.2 Å². The van der Waals surface area contributed by atoms with Crippen LogP contribution in [0.5, 0.6) is 0 Å². The number of carboxylic acid groups (broad SMARTS) is 1. The molecule has 0 fully saturated rings. The maximum absolute atomic E-state index is 12.1. The normalized spacial score (nSPS) is 10.6. The molecule has 0 bridgehead atoms. The van der Waals surface area contributed by atoms with Gasteiger partial charge in [0.05, 0.1) is 5.56 Å². The quantitative estimate of drug-likeness (QED) is 0.510. The summed E-state index contributed by atoms with van der Waals surface area (Å²) in [5, 5.41) is 23.5. The van der Waals surface area contributed by atoms with Crippen molar-refractivity contribution in [2.45, 2.75) is 6.54 Å². The second-order valence-electron chi connectivity index (χ2n) is 5.01. The molecule has 1 amide bonds. The highest BCUT2D eigenvalue weighted by Gasteiger charge is 2.09. The number of carbonyl (C=O) groups is 2. The lowest BCUT2D eigenvalue weighted by molar-refractivity contribution is -0.112. The Bertz CT molecular complexity index is 837. The minimum absolute atomic E-state index is 0.0647. The number of anilines is 1. The third-order valence-electron chi connectivity index (χ3n) is 3.22. The number of benzene rings is 2. The molecule has 0 atom stereocenters. The van der Waals surface area contributed by atoms with E-state index in [1.807, 2.05) is 6.07 Å². The molecule has 0 saturated heterocycles. The van der Waals surface area contributed by atoms with Crippen molar-refractivity contribution in [1.29, 1.82) is 5.26 Å². The number of hydrogen-bond donors (Lipinski definition) is 3. The number of nitriles is 1. The first-order chi connectivity index (χ1) is 12.0. The zero-order valence-electron chi connectivity index (χ0n) is 13.0. The smallest absolute Gasteiger partial charge is 0.335 e. The zero-order chi connectivity index (χ0) is 18.2. The molecule has 0 saturated carbocycles. The Balaban J connectivity index is 1.95. The van der Waals surface area contributed by atoms with Crippen LogP contribution in [0, 0.1) is 11.3 Å². The van der Waals surface area contributed by atoms with Crippen LogP contribution in [-0.2, 0) is 11.3 Å². The van der Waals surface area contributed by atoms with Crippen molar-refractivity contribution in [2.75, 3.05) is 5.32 Å². The molecule has 6 nitrogen and oxygen atoms in total.